The Kier molecular flexibility index (Phi) is 5.40. The Morgan fingerprint density at radius 1 is 1.40 bits per heavy atom. The maximum Gasteiger partial charge on any atom is 0.242 e. The van der Waals surface area contributed by atoms with Crippen molar-refractivity contribution in [2.75, 3.05) is 0 Å². The van der Waals surface area contributed by atoms with E-state index in [1.54, 1.807) is 10.8 Å². The number of nitrogens with zero attached hydrogens (tertiary/aromatic N) is 1. The Hall–Kier alpha value is -0.850. The van der Waals surface area contributed by atoms with Gasteiger partial charge in [0.25, 0.3) is 0 Å². The van der Waals surface area contributed by atoms with E-state index in [2.05, 4.69) is 4.72 Å². The van der Waals surface area contributed by atoms with Crippen molar-refractivity contribution < 1.29 is 13.5 Å². The molecule has 1 aromatic heterocycles. The van der Waals surface area contributed by atoms with Crippen LogP contribution in [0, 0.1) is 0 Å². The summed E-state index contributed by atoms with van der Waals surface area (Å²) in [5, 5.41) is 9.33. The highest BCUT2D eigenvalue weighted by Crippen LogP contribution is 2.21. The fourth-order valence-corrected chi connectivity index (χ4v) is 3.84. The van der Waals surface area contributed by atoms with Gasteiger partial charge in [0.15, 0.2) is 0 Å². The predicted octanol–water partition coefficient (Wildman–Crippen LogP) is 2.42. The molecule has 0 saturated carbocycles. The molecule has 0 saturated heterocycles. The highest BCUT2D eigenvalue weighted by molar-refractivity contribution is 7.89. The van der Waals surface area contributed by atoms with Gasteiger partial charge in [-0.25, -0.2) is 13.1 Å². The number of aliphatic hydroxyl groups is 1. The van der Waals surface area contributed by atoms with Crippen LogP contribution in [0.2, 0.25) is 0 Å². The number of aromatic nitrogens is 1. The van der Waals surface area contributed by atoms with E-state index >= 15 is 0 Å². The Labute approximate surface area is 122 Å². The first-order valence-electron chi connectivity index (χ1n) is 6.98. The summed E-state index contributed by atoms with van der Waals surface area (Å²) in [7, 11) is -3.57. The summed E-state index contributed by atoms with van der Waals surface area (Å²) in [5.74, 6) is 0. The van der Waals surface area contributed by atoms with Crippen LogP contribution in [0.25, 0.3) is 0 Å². The summed E-state index contributed by atoms with van der Waals surface area (Å²) in [6.07, 6.45) is 3.26. The second-order valence-electron chi connectivity index (χ2n) is 6.07. The molecule has 1 heterocycles. The van der Waals surface area contributed by atoms with Gasteiger partial charge in [-0.3, -0.25) is 0 Å². The molecule has 0 fully saturated rings. The SMILES string of the molecule is CCCC(C)(C)NS(=O)(=O)c1cc(CO)n(C(C)C)c1. The van der Waals surface area contributed by atoms with Crippen LogP contribution in [0.1, 0.15) is 59.2 Å². The monoisotopic (exact) mass is 302 g/mol. The van der Waals surface area contributed by atoms with Gasteiger partial charge < -0.3 is 9.67 Å². The van der Waals surface area contributed by atoms with Gasteiger partial charge in [-0.1, -0.05) is 13.3 Å². The Morgan fingerprint density at radius 2 is 2.00 bits per heavy atom. The van der Waals surface area contributed by atoms with E-state index in [4.69, 9.17) is 0 Å². The minimum atomic E-state index is -3.57. The summed E-state index contributed by atoms with van der Waals surface area (Å²) >= 11 is 0. The minimum absolute atomic E-state index is 0.102. The molecule has 0 bridgehead atoms. The standard InChI is InChI=1S/C14H26N2O3S/c1-6-7-14(4,5)15-20(18,19)13-8-12(10-17)16(9-13)11(2)3/h8-9,11,15,17H,6-7,10H2,1-5H3. The second-order valence-corrected chi connectivity index (χ2v) is 7.75. The summed E-state index contributed by atoms with van der Waals surface area (Å²) in [6, 6.07) is 1.63. The van der Waals surface area contributed by atoms with Gasteiger partial charge in [0, 0.05) is 23.5 Å². The lowest BCUT2D eigenvalue weighted by Gasteiger charge is -2.25. The van der Waals surface area contributed by atoms with Crippen molar-refractivity contribution in [2.45, 2.75) is 70.5 Å². The van der Waals surface area contributed by atoms with Crippen LogP contribution in [-0.4, -0.2) is 23.6 Å². The smallest absolute Gasteiger partial charge is 0.242 e. The zero-order valence-corrected chi connectivity index (χ0v) is 13.8. The number of sulfonamides is 1. The van der Waals surface area contributed by atoms with Crippen molar-refractivity contribution in [3.05, 3.63) is 18.0 Å². The first-order chi connectivity index (χ1) is 9.13. The molecule has 1 aromatic rings. The number of hydrogen-bond acceptors (Lipinski definition) is 3. The van der Waals surface area contributed by atoms with Crippen molar-refractivity contribution in [3.8, 4) is 0 Å². The molecule has 0 amide bonds. The highest BCUT2D eigenvalue weighted by atomic mass is 32.2. The van der Waals surface area contributed by atoms with E-state index in [1.165, 1.54) is 6.07 Å². The minimum Gasteiger partial charge on any atom is -0.390 e. The van der Waals surface area contributed by atoms with Gasteiger partial charge in [0.1, 0.15) is 4.90 Å². The fraction of sp³-hybridized carbons (Fsp3) is 0.714. The van der Waals surface area contributed by atoms with Gasteiger partial charge in [0.2, 0.25) is 10.0 Å². The summed E-state index contributed by atoms with van der Waals surface area (Å²) in [5.41, 5.74) is 0.126. The normalized spacial score (nSPS) is 13.2. The molecule has 0 atom stereocenters. The third kappa shape index (κ3) is 4.07. The van der Waals surface area contributed by atoms with E-state index in [0.717, 1.165) is 12.8 Å². The lowest BCUT2D eigenvalue weighted by atomic mass is 10.0. The zero-order valence-electron chi connectivity index (χ0n) is 13.0. The summed E-state index contributed by atoms with van der Waals surface area (Å²) in [4.78, 5) is 0.208. The zero-order chi connectivity index (χ0) is 15.6. The van der Waals surface area contributed by atoms with E-state index in [9.17, 15) is 13.5 Å². The molecule has 1 rings (SSSR count). The molecular formula is C14H26N2O3S. The number of nitrogens with one attached hydrogen (secondary N) is 1. The molecule has 0 aliphatic carbocycles. The molecule has 116 valence electrons. The van der Waals surface area contributed by atoms with Crippen LogP contribution < -0.4 is 4.72 Å². The van der Waals surface area contributed by atoms with E-state index < -0.39 is 15.6 Å². The molecule has 5 nitrogen and oxygen atoms in total. The first-order valence-corrected chi connectivity index (χ1v) is 8.47. The average molecular weight is 302 g/mol. The van der Waals surface area contributed by atoms with Gasteiger partial charge in [-0.05, 0) is 40.2 Å². The van der Waals surface area contributed by atoms with Crippen LogP contribution in [0.15, 0.2) is 17.2 Å². The van der Waals surface area contributed by atoms with Crippen molar-refractivity contribution in [1.29, 1.82) is 0 Å². The largest absolute Gasteiger partial charge is 0.390 e. The van der Waals surface area contributed by atoms with E-state index in [1.807, 2.05) is 34.6 Å². The predicted molar refractivity (Wildman–Crippen MR) is 80.0 cm³/mol. The molecule has 0 aromatic carbocycles. The van der Waals surface area contributed by atoms with Gasteiger partial charge in [0.05, 0.1) is 6.61 Å². The van der Waals surface area contributed by atoms with E-state index in [0.29, 0.717) is 5.69 Å². The van der Waals surface area contributed by atoms with Crippen molar-refractivity contribution in [2.24, 2.45) is 0 Å². The van der Waals surface area contributed by atoms with Gasteiger partial charge >= 0.3 is 0 Å². The van der Waals surface area contributed by atoms with Crippen LogP contribution in [0.3, 0.4) is 0 Å². The molecular weight excluding hydrogens is 276 g/mol. The molecule has 6 heteroatoms. The Bertz CT molecular complexity index is 545. The van der Waals surface area contributed by atoms with Crippen molar-refractivity contribution in [1.82, 2.24) is 9.29 Å². The third-order valence-electron chi connectivity index (χ3n) is 3.22. The molecule has 2 N–H and O–H groups in total. The number of hydrogen-bond donors (Lipinski definition) is 2. The van der Waals surface area contributed by atoms with Gasteiger partial charge in [-0.2, -0.15) is 0 Å². The fourth-order valence-electron chi connectivity index (χ4n) is 2.35. The topological polar surface area (TPSA) is 71.3 Å². The molecule has 0 radical (unpaired) electrons. The average Bonchev–Trinajstić information content (AvgIpc) is 2.71. The van der Waals surface area contributed by atoms with Crippen LogP contribution in [0.5, 0.6) is 0 Å². The second kappa shape index (κ2) is 6.28. The first kappa shape index (κ1) is 17.2. The quantitative estimate of drug-likeness (QED) is 0.812. The summed E-state index contributed by atoms with van der Waals surface area (Å²) < 4.78 is 29.4. The number of aliphatic hydroxyl groups excluding tert-OH is 1. The molecule has 20 heavy (non-hydrogen) atoms. The Morgan fingerprint density at radius 3 is 2.40 bits per heavy atom. The van der Waals surface area contributed by atoms with Crippen LogP contribution in [0.4, 0.5) is 0 Å². The molecule has 0 aliphatic rings. The lowest BCUT2D eigenvalue weighted by Crippen LogP contribution is -2.43. The van der Waals surface area contributed by atoms with Crippen LogP contribution >= 0.6 is 0 Å². The van der Waals surface area contributed by atoms with Crippen molar-refractivity contribution >= 4 is 10.0 Å². The van der Waals surface area contributed by atoms with Crippen molar-refractivity contribution in [3.63, 3.8) is 0 Å². The third-order valence-corrected chi connectivity index (χ3v) is 4.89. The molecule has 0 aliphatic heterocycles. The van der Waals surface area contributed by atoms with Gasteiger partial charge in [-0.15, -0.1) is 0 Å². The number of rotatable bonds is 7. The molecule has 0 unspecified atom stereocenters. The maximum atomic E-state index is 12.4. The summed E-state index contributed by atoms with van der Waals surface area (Å²) in [6.45, 7) is 9.50. The van der Waals surface area contributed by atoms with E-state index in [-0.39, 0.29) is 17.5 Å². The lowest BCUT2D eigenvalue weighted by molar-refractivity contribution is 0.268. The Balaban J connectivity index is 3.10. The van der Waals surface area contributed by atoms with Crippen LogP contribution in [-0.2, 0) is 16.6 Å². The highest BCUT2D eigenvalue weighted by Gasteiger charge is 2.27. The molecule has 0 spiro atoms. The maximum absolute atomic E-state index is 12.4.